The fourth-order valence-electron chi connectivity index (χ4n) is 2.40. The van der Waals surface area contributed by atoms with Crippen molar-refractivity contribution < 1.29 is 0 Å². The van der Waals surface area contributed by atoms with Gasteiger partial charge in [-0.3, -0.25) is 0 Å². The third kappa shape index (κ3) is 4.49. The molecule has 0 radical (unpaired) electrons. The Hall–Kier alpha value is -1.08. The molecule has 110 valence electrons. The maximum absolute atomic E-state index is 3.62. The van der Waals surface area contributed by atoms with Crippen molar-refractivity contribution in [3.63, 3.8) is 0 Å². The minimum atomic E-state index is 0.171. The predicted octanol–water partition coefficient (Wildman–Crippen LogP) is 4.99. The molecule has 1 aromatic carbocycles. The van der Waals surface area contributed by atoms with Gasteiger partial charge < -0.3 is 5.32 Å². The fourth-order valence-corrected chi connectivity index (χ4v) is 2.40. The lowest BCUT2D eigenvalue weighted by Gasteiger charge is -2.23. The van der Waals surface area contributed by atoms with E-state index in [-0.39, 0.29) is 5.54 Å². The van der Waals surface area contributed by atoms with Crippen molar-refractivity contribution >= 4 is 6.08 Å². The zero-order valence-electron chi connectivity index (χ0n) is 13.7. The van der Waals surface area contributed by atoms with Gasteiger partial charge >= 0.3 is 0 Å². The highest BCUT2D eigenvalue weighted by atomic mass is 14.9. The van der Waals surface area contributed by atoms with Gasteiger partial charge in [0.25, 0.3) is 0 Å². The molecule has 1 aliphatic rings. The molecule has 0 heterocycles. The molecule has 0 amide bonds. The summed E-state index contributed by atoms with van der Waals surface area (Å²) < 4.78 is 0. The smallest absolute Gasteiger partial charge is 0.0175 e. The van der Waals surface area contributed by atoms with Crippen molar-refractivity contribution in [2.24, 2.45) is 5.92 Å². The lowest BCUT2D eigenvalue weighted by Crippen LogP contribution is -2.37. The Labute approximate surface area is 124 Å². The molecule has 0 spiro atoms. The first-order chi connectivity index (χ1) is 9.37. The van der Waals surface area contributed by atoms with E-state index in [4.69, 9.17) is 0 Å². The molecule has 0 unspecified atom stereocenters. The molecule has 20 heavy (non-hydrogen) atoms. The summed E-state index contributed by atoms with van der Waals surface area (Å²) in [5, 5.41) is 3.62. The van der Waals surface area contributed by atoms with Crippen molar-refractivity contribution in [3.8, 4) is 0 Å². The Balaban J connectivity index is 2.20. The summed E-state index contributed by atoms with van der Waals surface area (Å²) in [6, 6.07) is 8.91. The Kier molecular flexibility index (Phi) is 4.70. The summed E-state index contributed by atoms with van der Waals surface area (Å²) >= 11 is 0. The molecule has 1 nitrogen and oxygen atoms in total. The van der Waals surface area contributed by atoms with Crippen LogP contribution in [0.4, 0.5) is 0 Å². The topological polar surface area (TPSA) is 12.0 Å². The minimum Gasteiger partial charge on any atom is -0.308 e. The summed E-state index contributed by atoms with van der Waals surface area (Å²) in [7, 11) is 0. The number of rotatable bonds is 5. The van der Waals surface area contributed by atoms with Crippen molar-refractivity contribution in [2.45, 2.75) is 58.9 Å². The van der Waals surface area contributed by atoms with Gasteiger partial charge in [-0.15, -0.1) is 0 Å². The number of hydrogen-bond acceptors (Lipinski definition) is 1. The zero-order chi connectivity index (χ0) is 14.8. The van der Waals surface area contributed by atoms with Crippen LogP contribution in [0.25, 0.3) is 6.08 Å². The molecule has 0 saturated heterocycles. The first-order valence-corrected chi connectivity index (χ1v) is 7.91. The standard InChI is InChI=1S/C19H29N/c1-14(2)17(13-20-19(3,4)5)12-16-8-6-7-9-18(16)15-10-11-15/h6-9,12,14-15,20H,10-11,13H2,1-5H3/b17-12+. The molecule has 1 N–H and O–H groups in total. The van der Waals surface area contributed by atoms with Gasteiger partial charge in [0.2, 0.25) is 0 Å². The molecule has 0 aliphatic heterocycles. The van der Waals surface area contributed by atoms with Crippen molar-refractivity contribution in [2.75, 3.05) is 6.54 Å². The Morgan fingerprint density at radius 3 is 2.45 bits per heavy atom. The van der Waals surface area contributed by atoms with Gasteiger partial charge in [0, 0.05) is 12.1 Å². The maximum Gasteiger partial charge on any atom is 0.0175 e. The number of benzene rings is 1. The van der Waals surface area contributed by atoms with Gasteiger partial charge in [-0.25, -0.2) is 0 Å². The van der Waals surface area contributed by atoms with Gasteiger partial charge in [-0.2, -0.15) is 0 Å². The normalized spacial score (nSPS) is 16.8. The lowest BCUT2D eigenvalue weighted by atomic mass is 9.95. The third-order valence-electron chi connectivity index (χ3n) is 3.92. The van der Waals surface area contributed by atoms with E-state index in [0.29, 0.717) is 5.92 Å². The minimum absolute atomic E-state index is 0.171. The fraction of sp³-hybridized carbons (Fsp3) is 0.579. The van der Waals surface area contributed by atoms with Crippen LogP contribution in [-0.2, 0) is 0 Å². The van der Waals surface area contributed by atoms with Crippen LogP contribution in [0.1, 0.15) is 64.5 Å². The van der Waals surface area contributed by atoms with Crippen molar-refractivity contribution in [1.82, 2.24) is 5.32 Å². The van der Waals surface area contributed by atoms with Crippen LogP contribution in [0.3, 0.4) is 0 Å². The maximum atomic E-state index is 3.62. The first kappa shape index (κ1) is 15.3. The Bertz CT molecular complexity index is 473. The SMILES string of the molecule is CC(C)/C(=C/c1ccccc1C1CC1)CNC(C)(C)C. The lowest BCUT2D eigenvalue weighted by molar-refractivity contribution is 0.437. The van der Waals surface area contributed by atoms with E-state index in [0.717, 1.165) is 12.5 Å². The van der Waals surface area contributed by atoms with E-state index in [1.165, 1.54) is 24.0 Å². The molecule has 1 aromatic rings. The molecule has 2 rings (SSSR count). The van der Waals surface area contributed by atoms with Crippen LogP contribution >= 0.6 is 0 Å². The van der Waals surface area contributed by atoms with Gasteiger partial charge in [0.15, 0.2) is 0 Å². The van der Waals surface area contributed by atoms with E-state index in [1.807, 2.05) is 0 Å². The highest BCUT2D eigenvalue weighted by Crippen LogP contribution is 2.42. The molecule has 1 fully saturated rings. The average molecular weight is 271 g/mol. The van der Waals surface area contributed by atoms with Crippen LogP contribution in [0.2, 0.25) is 0 Å². The first-order valence-electron chi connectivity index (χ1n) is 7.91. The van der Waals surface area contributed by atoms with Gasteiger partial charge in [0.1, 0.15) is 0 Å². The molecule has 1 saturated carbocycles. The van der Waals surface area contributed by atoms with Gasteiger partial charge in [-0.05, 0) is 56.6 Å². The zero-order valence-corrected chi connectivity index (χ0v) is 13.7. The van der Waals surface area contributed by atoms with E-state index >= 15 is 0 Å². The van der Waals surface area contributed by atoms with Crippen molar-refractivity contribution in [1.29, 1.82) is 0 Å². The Morgan fingerprint density at radius 2 is 1.90 bits per heavy atom. The van der Waals surface area contributed by atoms with Crippen LogP contribution in [-0.4, -0.2) is 12.1 Å². The van der Waals surface area contributed by atoms with E-state index in [1.54, 1.807) is 5.56 Å². The summed E-state index contributed by atoms with van der Waals surface area (Å²) in [5.74, 6) is 1.39. The quantitative estimate of drug-likeness (QED) is 0.795. The molecule has 1 heteroatoms. The monoisotopic (exact) mass is 271 g/mol. The second kappa shape index (κ2) is 6.13. The largest absolute Gasteiger partial charge is 0.308 e. The van der Waals surface area contributed by atoms with E-state index in [9.17, 15) is 0 Å². The second-order valence-corrected chi connectivity index (χ2v) is 7.38. The van der Waals surface area contributed by atoms with Crippen LogP contribution in [0.5, 0.6) is 0 Å². The van der Waals surface area contributed by atoms with Crippen molar-refractivity contribution in [3.05, 3.63) is 41.0 Å². The summed E-state index contributed by atoms with van der Waals surface area (Å²) in [6.45, 7) is 12.2. The molecule has 1 aliphatic carbocycles. The summed E-state index contributed by atoms with van der Waals surface area (Å²) in [6.07, 6.45) is 5.14. The molecule has 0 aromatic heterocycles. The summed E-state index contributed by atoms with van der Waals surface area (Å²) in [5.41, 5.74) is 4.63. The van der Waals surface area contributed by atoms with Crippen LogP contribution in [0.15, 0.2) is 29.8 Å². The molecule has 0 atom stereocenters. The van der Waals surface area contributed by atoms with Crippen LogP contribution < -0.4 is 5.32 Å². The summed E-state index contributed by atoms with van der Waals surface area (Å²) in [4.78, 5) is 0. The van der Waals surface area contributed by atoms with E-state index < -0.39 is 0 Å². The van der Waals surface area contributed by atoms with E-state index in [2.05, 4.69) is 70.3 Å². The highest BCUT2D eigenvalue weighted by molar-refractivity contribution is 5.59. The van der Waals surface area contributed by atoms with Gasteiger partial charge in [0.05, 0.1) is 0 Å². The van der Waals surface area contributed by atoms with Crippen LogP contribution in [0, 0.1) is 5.92 Å². The second-order valence-electron chi connectivity index (χ2n) is 7.38. The number of nitrogens with one attached hydrogen (secondary N) is 1. The third-order valence-corrected chi connectivity index (χ3v) is 3.92. The Morgan fingerprint density at radius 1 is 1.25 bits per heavy atom. The number of hydrogen-bond donors (Lipinski definition) is 1. The highest BCUT2D eigenvalue weighted by Gasteiger charge is 2.25. The average Bonchev–Trinajstić information content (AvgIpc) is 3.17. The molecular formula is C19H29N. The van der Waals surface area contributed by atoms with Gasteiger partial charge in [-0.1, -0.05) is 49.8 Å². The predicted molar refractivity (Wildman–Crippen MR) is 89.0 cm³/mol. The molecule has 0 bridgehead atoms. The molecular weight excluding hydrogens is 242 g/mol.